The molecule has 0 bridgehead atoms. The topological polar surface area (TPSA) is 61.4 Å². The van der Waals surface area contributed by atoms with Crippen molar-refractivity contribution in [2.24, 2.45) is 5.92 Å². The number of nitrogens with zero attached hydrogens (tertiary/aromatic N) is 1. The zero-order valence-electron chi connectivity index (χ0n) is 17.2. The molecule has 2 aromatic rings. The molecule has 30 heavy (non-hydrogen) atoms. The zero-order chi connectivity index (χ0) is 20.1. The average molecular weight is 428 g/mol. The van der Waals surface area contributed by atoms with Crippen molar-refractivity contribution in [1.82, 2.24) is 5.32 Å². The van der Waals surface area contributed by atoms with Gasteiger partial charge in [0.2, 0.25) is 11.8 Å². The quantitative estimate of drug-likeness (QED) is 0.733. The normalized spacial score (nSPS) is 15.9. The molecule has 0 atom stereocenters. The van der Waals surface area contributed by atoms with E-state index in [0.717, 1.165) is 62.3 Å². The van der Waals surface area contributed by atoms with Crippen molar-refractivity contribution >= 4 is 35.6 Å². The molecule has 6 heteroatoms. The number of carbonyl (C=O) groups excluding carboxylic acids is 2. The van der Waals surface area contributed by atoms with E-state index in [1.807, 2.05) is 47.4 Å². The van der Waals surface area contributed by atoms with Crippen LogP contribution in [0.5, 0.6) is 0 Å². The Labute approximate surface area is 184 Å². The van der Waals surface area contributed by atoms with E-state index in [9.17, 15) is 9.59 Å². The molecule has 0 aliphatic carbocycles. The minimum atomic E-state index is 0. The van der Waals surface area contributed by atoms with E-state index >= 15 is 0 Å². The maximum atomic E-state index is 12.7. The first-order valence-corrected chi connectivity index (χ1v) is 10.7. The summed E-state index contributed by atoms with van der Waals surface area (Å²) >= 11 is 0. The minimum Gasteiger partial charge on any atom is -0.326 e. The maximum absolute atomic E-state index is 12.7. The summed E-state index contributed by atoms with van der Waals surface area (Å²) in [4.78, 5) is 26.8. The van der Waals surface area contributed by atoms with Crippen LogP contribution in [0.4, 0.5) is 11.4 Å². The van der Waals surface area contributed by atoms with Crippen LogP contribution in [0.25, 0.3) is 0 Å². The summed E-state index contributed by atoms with van der Waals surface area (Å²) < 4.78 is 0. The number of benzene rings is 2. The van der Waals surface area contributed by atoms with Gasteiger partial charge < -0.3 is 15.5 Å². The maximum Gasteiger partial charge on any atom is 0.231 e. The molecule has 0 spiro atoms. The Bertz CT molecular complexity index is 863. The van der Waals surface area contributed by atoms with E-state index < -0.39 is 0 Å². The van der Waals surface area contributed by atoms with E-state index in [0.29, 0.717) is 18.8 Å². The molecule has 0 unspecified atom stereocenters. The van der Waals surface area contributed by atoms with Crippen molar-refractivity contribution in [2.75, 3.05) is 29.9 Å². The predicted molar refractivity (Wildman–Crippen MR) is 123 cm³/mol. The molecule has 4 rings (SSSR count). The monoisotopic (exact) mass is 427 g/mol. The van der Waals surface area contributed by atoms with Crippen LogP contribution in [0.1, 0.15) is 36.8 Å². The fourth-order valence-corrected chi connectivity index (χ4v) is 4.30. The summed E-state index contributed by atoms with van der Waals surface area (Å²) in [7, 11) is 0. The highest BCUT2D eigenvalue weighted by molar-refractivity contribution is 5.97. The van der Waals surface area contributed by atoms with Gasteiger partial charge in [0.15, 0.2) is 0 Å². The number of nitrogens with one attached hydrogen (secondary N) is 2. The Morgan fingerprint density at radius 2 is 1.77 bits per heavy atom. The third-order valence-corrected chi connectivity index (χ3v) is 6.02. The molecule has 5 nitrogen and oxygen atoms in total. The van der Waals surface area contributed by atoms with Crippen LogP contribution in [0.2, 0.25) is 0 Å². The van der Waals surface area contributed by atoms with Crippen LogP contribution in [-0.2, 0) is 22.4 Å². The van der Waals surface area contributed by atoms with Crippen LogP contribution in [0.3, 0.4) is 0 Å². The number of piperidine rings is 1. The van der Waals surface area contributed by atoms with Crippen LogP contribution < -0.4 is 15.5 Å². The SMILES string of the molecule is Cl.O=C(CCC1CCNCC1)Nc1ccc(CC(=O)N2CCc3ccccc32)cc1. The first kappa shape index (κ1) is 22.3. The highest BCUT2D eigenvalue weighted by atomic mass is 35.5. The van der Waals surface area contributed by atoms with Gasteiger partial charge in [0.25, 0.3) is 0 Å². The Hall–Kier alpha value is -2.37. The number of para-hydroxylation sites is 1. The van der Waals surface area contributed by atoms with Crippen LogP contribution in [0.15, 0.2) is 48.5 Å². The predicted octanol–water partition coefficient (Wildman–Crippen LogP) is 3.96. The smallest absolute Gasteiger partial charge is 0.231 e. The van der Waals surface area contributed by atoms with Gasteiger partial charge in [-0.3, -0.25) is 9.59 Å². The lowest BCUT2D eigenvalue weighted by molar-refractivity contribution is -0.118. The number of rotatable bonds is 6. The van der Waals surface area contributed by atoms with Gasteiger partial charge in [0.1, 0.15) is 0 Å². The van der Waals surface area contributed by atoms with Gasteiger partial charge >= 0.3 is 0 Å². The largest absolute Gasteiger partial charge is 0.326 e. The molecule has 0 radical (unpaired) electrons. The molecule has 2 aliphatic heterocycles. The number of amides is 2. The summed E-state index contributed by atoms with van der Waals surface area (Å²) in [6.07, 6.45) is 5.15. The number of halogens is 1. The zero-order valence-corrected chi connectivity index (χ0v) is 18.0. The molecular weight excluding hydrogens is 398 g/mol. The number of fused-ring (bicyclic) bond motifs is 1. The van der Waals surface area contributed by atoms with Gasteiger partial charge in [-0.2, -0.15) is 0 Å². The van der Waals surface area contributed by atoms with E-state index in [1.54, 1.807) is 0 Å². The number of hydrogen-bond acceptors (Lipinski definition) is 3. The van der Waals surface area contributed by atoms with Gasteiger partial charge in [-0.05, 0) is 74.0 Å². The third-order valence-electron chi connectivity index (χ3n) is 6.02. The lowest BCUT2D eigenvalue weighted by atomic mass is 9.93. The first-order valence-electron chi connectivity index (χ1n) is 10.7. The van der Waals surface area contributed by atoms with Crippen molar-refractivity contribution in [3.05, 3.63) is 59.7 Å². The number of carbonyl (C=O) groups is 2. The number of hydrogen-bond donors (Lipinski definition) is 2. The molecule has 2 heterocycles. The van der Waals surface area contributed by atoms with Crippen molar-refractivity contribution in [2.45, 2.75) is 38.5 Å². The molecule has 160 valence electrons. The molecule has 2 aliphatic rings. The van der Waals surface area contributed by atoms with Crippen LogP contribution in [-0.4, -0.2) is 31.4 Å². The van der Waals surface area contributed by atoms with E-state index in [1.165, 1.54) is 5.56 Å². The molecule has 2 aromatic carbocycles. The standard InChI is InChI=1S/C24H29N3O2.ClH/c28-23(10-7-18-11-14-25-15-12-18)26-21-8-5-19(6-9-21)17-24(29)27-16-13-20-3-1-2-4-22(20)27;/h1-6,8-9,18,25H,7,10-17H2,(H,26,28);1H. The van der Waals surface area contributed by atoms with E-state index in [2.05, 4.69) is 16.7 Å². The second-order valence-corrected chi connectivity index (χ2v) is 8.08. The summed E-state index contributed by atoms with van der Waals surface area (Å²) in [5.74, 6) is 0.848. The third kappa shape index (κ3) is 5.61. The Morgan fingerprint density at radius 1 is 1.03 bits per heavy atom. The summed E-state index contributed by atoms with van der Waals surface area (Å²) in [5, 5.41) is 6.34. The fourth-order valence-electron chi connectivity index (χ4n) is 4.30. The van der Waals surface area contributed by atoms with Crippen LogP contribution >= 0.6 is 12.4 Å². The van der Waals surface area contributed by atoms with Crippen molar-refractivity contribution in [1.29, 1.82) is 0 Å². The van der Waals surface area contributed by atoms with Crippen molar-refractivity contribution < 1.29 is 9.59 Å². The van der Waals surface area contributed by atoms with E-state index in [4.69, 9.17) is 0 Å². The second kappa shape index (κ2) is 10.6. The van der Waals surface area contributed by atoms with Gasteiger partial charge in [-0.1, -0.05) is 30.3 Å². The minimum absolute atomic E-state index is 0. The highest BCUT2D eigenvalue weighted by Gasteiger charge is 2.24. The summed E-state index contributed by atoms with van der Waals surface area (Å²) in [6, 6.07) is 15.8. The molecule has 0 aromatic heterocycles. The van der Waals surface area contributed by atoms with Gasteiger partial charge in [0, 0.05) is 24.3 Å². The molecule has 2 amide bonds. The fraction of sp³-hybridized carbons (Fsp3) is 0.417. The lowest BCUT2D eigenvalue weighted by Crippen LogP contribution is -2.30. The average Bonchev–Trinajstić information content (AvgIpc) is 3.19. The first-order chi connectivity index (χ1) is 14.2. The lowest BCUT2D eigenvalue weighted by Gasteiger charge is -2.22. The molecule has 0 saturated carbocycles. The molecule has 2 N–H and O–H groups in total. The highest BCUT2D eigenvalue weighted by Crippen LogP contribution is 2.28. The second-order valence-electron chi connectivity index (χ2n) is 8.08. The van der Waals surface area contributed by atoms with Gasteiger partial charge in [0.05, 0.1) is 6.42 Å². The summed E-state index contributed by atoms with van der Waals surface area (Å²) in [6.45, 7) is 2.88. The van der Waals surface area contributed by atoms with Gasteiger partial charge in [-0.25, -0.2) is 0 Å². The molecule has 1 saturated heterocycles. The summed E-state index contributed by atoms with van der Waals surface area (Å²) in [5.41, 5.74) is 4.04. The molecule has 1 fully saturated rings. The van der Waals surface area contributed by atoms with Crippen LogP contribution in [0, 0.1) is 5.92 Å². The Kier molecular flexibility index (Phi) is 7.88. The Balaban J connectivity index is 0.00000256. The van der Waals surface area contributed by atoms with E-state index in [-0.39, 0.29) is 24.2 Å². The van der Waals surface area contributed by atoms with Crippen molar-refractivity contribution in [3.63, 3.8) is 0 Å². The molecular formula is C24H30ClN3O2. The Morgan fingerprint density at radius 3 is 2.53 bits per heavy atom. The van der Waals surface area contributed by atoms with Gasteiger partial charge in [-0.15, -0.1) is 12.4 Å². The number of anilines is 2. The van der Waals surface area contributed by atoms with Crippen molar-refractivity contribution in [3.8, 4) is 0 Å².